The molecule has 8 fully saturated rings. The third-order valence-electron chi connectivity index (χ3n) is 12.8. The first-order valence-electron chi connectivity index (χ1n) is 17.5. The zero-order valence-corrected chi connectivity index (χ0v) is 27.7. The molecule has 0 N–H and O–H groups in total. The van der Waals surface area contributed by atoms with Crippen molar-refractivity contribution in [3.8, 4) is 0 Å². The normalized spacial score (nSPS) is 36.5. The first kappa shape index (κ1) is 31.4. The molecule has 0 amide bonds. The van der Waals surface area contributed by atoms with Crippen LogP contribution < -0.4 is 4.98 Å². The minimum absolute atomic E-state index is 0. The molecule has 0 spiro atoms. The van der Waals surface area contributed by atoms with Gasteiger partial charge in [-0.15, -0.1) is 5.69 Å². The van der Waals surface area contributed by atoms with Crippen molar-refractivity contribution in [2.75, 3.05) is 0 Å². The largest absolute Gasteiger partial charge is 0.660 e. The number of aromatic nitrogens is 2. The number of hydrogen-bond acceptors (Lipinski definition) is 2. The molecule has 8 aliphatic carbocycles. The molecule has 1 aromatic carbocycles. The summed E-state index contributed by atoms with van der Waals surface area (Å²) in [6.45, 7) is 0. The molecule has 1 aliphatic heterocycles. The summed E-state index contributed by atoms with van der Waals surface area (Å²) in [7, 11) is 0. The molecule has 247 valence electrons. The van der Waals surface area contributed by atoms with E-state index in [4.69, 9.17) is 9.98 Å². The summed E-state index contributed by atoms with van der Waals surface area (Å²) < 4.78 is 44.8. The van der Waals surface area contributed by atoms with Gasteiger partial charge in [-0.05, 0) is 148 Å². The predicted molar refractivity (Wildman–Crippen MR) is 173 cm³/mol. The Balaban J connectivity index is 0.000000420. The number of allylic oxidation sites excluding steroid dienone is 2. The maximum absolute atomic E-state index is 15.4. The minimum atomic E-state index is -0.910. The Bertz CT molecular complexity index is 1630. The van der Waals surface area contributed by atoms with Gasteiger partial charge >= 0.3 is 0 Å². The van der Waals surface area contributed by atoms with E-state index in [0.717, 1.165) is 59.0 Å². The maximum atomic E-state index is 15.4. The van der Waals surface area contributed by atoms with E-state index in [1.165, 1.54) is 77.0 Å². The maximum Gasteiger partial charge on any atom is 0.136 e. The van der Waals surface area contributed by atoms with Gasteiger partial charge in [-0.3, -0.25) is 9.98 Å². The molecule has 0 atom stereocenters. The van der Waals surface area contributed by atoms with Crippen molar-refractivity contribution >= 4 is 11.3 Å². The van der Waals surface area contributed by atoms with Gasteiger partial charge in [-0.1, -0.05) is 18.2 Å². The SMILES string of the molecule is Fc1cc(F)c(C(=C2C=CC(C34CC5CC(CC(C5)C3)C4)=N2)c2ccc(C34CC5CC(CC(C5)C3)C4)[n-]2)c(F)c1.[Co].c1ccncc1. The van der Waals surface area contributed by atoms with Gasteiger partial charge in [0.05, 0.1) is 11.3 Å². The molecule has 7 heteroatoms. The van der Waals surface area contributed by atoms with Crippen LogP contribution in [0.2, 0.25) is 0 Å². The van der Waals surface area contributed by atoms with Gasteiger partial charge in [-0.25, -0.2) is 13.2 Å². The fourth-order valence-electron chi connectivity index (χ4n) is 11.9. The zero-order chi connectivity index (χ0) is 31.0. The van der Waals surface area contributed by atoms with Gasteiger partial charge in [0.25, 0.3) is 0 Å². The molecule has 3 nitrogen and oxygen atoms in total. The molecule has 0 unspecified atom stereocenters. The predicted octanol–water partition coefficient (Wildman–Crippen LogP) is 9.59. The second-order valence-corrected chi connectivity index (χ2v) is 16.0. The first-order valence-corrected chi connectivity index (χ1v) is 17.5. The van der Waals surface area contributed by atoms with Crippen LogP contribution in [0.25, 0.3) is 5.57 Å². The summed E-state index contributed by atoms with van der Waals surface area (Å²) in [4.78, 5) is 14.1. The van der Waals surface area contributed by atoms with Crippen molar-refractivity contribution in [1.29, 1.82) is 0 Å². The molecule has 8 bridgehead atoms. The van der Waals surface area contributed by atoms with Gasteiger partial charge in [0, 0.05) is 52.4 Å². The molecular formula is C40H41CoF3N3-. The second kappa shape index (κ2) is 11.9. The van der Waals surface area contributed by atoms with Crippen LogP contribution in [0.15, 0.2) is 77.7 Å². The Hall–Kier alpha value is -2.90. The molecule has 3 aromatic rings. The number of pyridine rings is 1. The second-order valence-electron chi connectivity index (χ2n) is 16.0. The van der Waals surface area contributed by atoms with Crippen LogP contribution in [0.4, 0.5) is 13.2 Å². The molecule has 47 heavy (non-hydrogen) atoms. The van der Waals surface area contributed by atoms with Crippen LogP contribution >= 0.6 is 0 Å². The zero-order valence-electron chi connectivity index (χ0n) is 26.6. The van der Waals surface area contributed by atoms with Crippen LogP contribution in [-0.2, 0) is 22.2 Å². The van der Waals surface area contributed by atoms with Gasteiger partial charge in [0.15, 0.2) is 0 Å². The van der Waals surface area contributed by atoms with E-state index in [1.54, 1.807) is 12.4 Å². The van der Waals surface area contributed by atoms with E-state index in [9.17, 15) is 4.39 Å². The molecule has 8 saturated carbocycles. The number of nitrogens with zero attached hydrogens (tertiary/aromatic N) is 3. The van der Waals surface area contributed by atoms with Crippen LogP contribution in [-0.4, -0.2) is 10.7 Å². The molecular weight excluding hydrogens is 638 g/mol. The Morgan fingerprint density at radius 3 is 1.64 bits per heavy atom. The monoisotopic (exact) mass is 679 g/mol. The summed E-state index contributed by atoms with van der Waals surface area (Å²) in [6.07, 6.45) is 22.7. The van der Waals surface area contributed by atoms with E-state index >= 15 is 8.78 Å². The summed E-state index contributed by atoms with van der Waals surface area (Å²) in [5.74, 6) is 1.97. The van der Waals surface area contributed by atoms with Crippen molar-refractivity contribution in [3.05, 3.63) is 107 Å². The Morgan fingerprint density at radius 2 is 1.17 bits per heavy atom. The average Bonchev–Trinajstić information content (AvgIpc) is 3.71. The van der Waals surface area contributed by atoms with Crippen LogP contribution in [0.3, 0.4) is 0 Å². The van der Waals surface area contributed by atoms with Crippen molar-refractivity contribution in [2.24, 2.45) is 45.9 Å². The summed E-state index contributed by atoms with van der Waals surface area (Å²) in [5.41, 5.74) is 3.60. The van der Waals surface area contributed by atoms with E-state index in [2.05, 4.69) is 17.1 Å². The smallest absolute Gasteiger partial charge is 0.136 e. The van der Waals surface area contributed by atoms with E-state index < -0.39 is 17.5 Å². The first-order chi connectivity index (χ1) is 22.3. The number of rotatable bonds is 4. The minimum Gasteiger partial charge on any atom is -0.660 e. The topological polar surface area (TPSA) is 39.4 Å². The van der Waals surface area contributed by atoms with E-state index in [0.29, 0.717) is 17.0 Å². The molecule has 1 radical (unpaired) electrons. The molecule has 9 aliphatic rings. The van der Waals surface area contributed by atoms with Crippen molar-refractivity contribution < 1.29 is 30.0 Å². The number of halogens is 3. The molecule has 2 aromatic heterocycles. The third-order valence-corrected chi connectivity index (χ3v) is 12.8. The summed E-state index contributed by atoms with van der Waals surface area (Å²) in [5, 5.41) is 0. The summed E-state index contributed by atoms with van der Waals surface area (Å²) >= 11 is 0. The number of benzene rings is 1. The van der Waals surface area contributed by atoms with Crippen LogP contribution in [0.5, 0.6) is 0 Å². The van der Waals surface area contributed by atoms with Crippen molar-refractivity contribution in [2.45, 2.75) is 82.5 Å². The molecule has 3 heterocycles. The van der Waals surface area contributed by atoms with Crippen molar-refractivity contribution in [3.63, 3.8) is 0 Å². The van der Waals surface area contributed by atoms with Crippen LogP contribution in [0, 0.1) is 58.4 Å². The Morgan fingerprint density at radius 1 is 0.660 bits per heavy atom. The fraction of sp³-hybridized carbons (Fsp3) is 0.500. The van der Waals surface area contributed by atoms with Crippen molar-refractivity contribution in [1.82, 2.24) is 9.97 Å². The Labute approximate surface area is 285 Å². The molecule has 12 rings (SSSR count). The third kappa shape index (κ3) is 5.49. The average molecular weight is 680 g/mol. The van der Waals surface area contributed by atoms with Gasteiger partial charge < -0.3 is 4.98 Å². The Kier molecular flexibility index (Phi) is 7.95. The van der Waals surface area contributed by atoms with Crippen LogP contribution in [0.1, 0.15) is 94.0 Å². The fourth-order valence-corrected chi connectivity index (χ4v) is 11.9. The molecule has 0 saturated heterocycles. The van der Waals surface area contributed by atoms with Gasteiger partial charge in [-0.2, -0.15) is 5.69 Å². The number of aliphatic imine (C=N–C) groups is 1. The standard InChI is InChI=1S/C35H36F3N2.C5H5N.Co/c36-25-11-26(37)32(27(38)12-25)33(28-1-3-30(39-28)34-13-19-5-20(14-34)7-21(6-19)15-34)29-2-4-31(40-29)35-16-22-8-23(17-35)10-24(9-22)18-35;1-2-4-6-5-3-1;/h1-4,11-12,19-24H,5-10,13-18H2;1-5H;/q-1;;. The summed E-state index contributed by atoms with van der Waals surface area (Å²) in [6, 6.07) is 11.3. The van der Waals surface area contributed by atoms with Gasteiger partial charge in [0.2, 0.25) is 0 Å². The van der Waals surface area contributed by atoms with Gasteiger partial charge in [0.1, 0.15) is 17.5 Å². The van der Waals surface area contributed by atoms with E-state index in [1.807, 2.05) is 30.3 Å². The number of hydrogen-bond donors (Lipinski definition) is 0. The van der Waals surface area contributed by atoms with E-state index in [-0.39, 0.29) is 33.2 Å². The quantitative estimate of drug-likeness (QED) is 0.276.